The number of nitrogens with one attached hydrogen (secondary N) is 1. The zero-order valence-corrected chi connectivity index (χ0v) is 9.95. The Morgan fingerprint density at radius 3 is 2.76 bits per heavy atom. The van der Waals surface area contributed by atoms with Crippen LogP contribution in [0.25, 0.3) is 11.0 Å². The van der Waals surface area contributed by atoms with E-state index in [4.69, 9.17) is 0 Å². The molecule has 2 aromatic rings. The highest BCUT2D eigenvalue weighted by atomic mass is 15.3. The van der Waals surface area contributed by atoms with Crippen LogP contribution >= 0.6 is 0 Å². The van der Waals surface area contributed by atoms with Gasteiger partial charge in [-0.2, -0.15) is 0 Å². The van der Waals surface area contributed by atoms with E-state index in [1.807, 2.05) is 6.07 Å². The van der Waals surface area contributed by atoms with Crippen molar-refractivity contribution in [1.82, 2.24) is 9.97 Å². The van der Waals surface area contributed by atoms with Crippen molar-refractivity contribution in [3.8, 4) is 0 Å². The van der Waals surface area contributed by atoms with Crippen molar-refractivity contribution in [2.75, 3.05) is 18.0 Å². The summed E-state index contributed by atoms with van der Waals surface area (Å²) in [7, 11) is 0. The highest BCUT2D eigenvalue weighted by Crippen LogP contribution is 2.48. The van der Waals surface area contributed by atoms with Crippen LogP contribution in [-0.2, 0) is 0 Å². The maximum Gasteiger partial charge on any atom is 0.203 e. The summed E-state index contributed by atoms with van der Waals surface area (Å²) in [5.74, 6) is 1.06. The van der Waals surface area contributed by atoms with Crippen LogP contribution in [0.15, 0.2) is 24.3 Å². The van der Waals surface area contributed by atoms with Crippen molar-refractivity contribution >= 4 is 17.0 Å². The van der Waals surface area contributed by atoms with Gasteiger partial charge in [-0.25, -0.2) is 4.98 Å². The number of aromatic nitrogens is 2. The Kier molecular flexibility index (Phi) is 1.82. The lowest BCUT2D eigenvalue weighted by Crippen LogP contribution is -2.33. The summed E-state index contributed by atoms with van der Waals surface area (Å²) in [6, 6.07) is 8.28. The molecule has 0 atom stereocenters. The molecule has 2 heterocycles. The number of rotatable bonds is 1. The quantitative estimate of drug-likeness (QED) is 0.812. The molecule has 1 saturated carbocycles. The standard InChI is InChI=1S/C14H17N3/c1-2-5-12-11(4-1)15-13(16-12)17-9-8-14(10-17)6-3-7-14/h1-2,4-5H,3,6-10H2,(H,15,16). The van der Waals surface area contributed by atoms with E-state index in [0.717, 1.165) is 17.0 Å². The molecule has 1 spiro atoms. The molecule has 3 nitrogen and oxygen atoms in total. The molecule has 2 fully saturated rings. The van der Waals surface area contributed by atoms with Crippen LogP contribution in [0, 0.1) is 5.41 Å². The molecule has 2 aliphatic rings. The first-order valence-electron chi connectivity index (χ1n) is 6.54. The number of nitrogens with zero attached hydrogens (tertiary/aromatic N) is 2. The highest BCUT2D eigenvalue weighted by Gasteiger charge is 2.43. The first kappa shape index (κ1) is 9.51. The zero-order valence-electron chi connectivity index (χ0n) is 9.95. The van der Waals surface area contributed by atoms with Crippen molar-refractivity contribution < 1.29 is 0 Å². The van der Waals surface area contributed by atoms with Crippen LogP contribution in [0.5, 0.6) is 0 Å². The van der Waals surface area contributed by atoms with E-state index in [1.165, 1.54) is 38.8 Å². The molecule has 1 aliphatic carbocycles. The Bertz CT molecular complexity index is 520. The van der Waals surface area contributed by atoms with E-state index in [-0.39, 0.29) is 0 Å². The number of imidazole rings is 1. The van der Waals surface area contributed by atoms with Gasteiger partial charge in [-0.1, -0.05) is 18.6 Å². The number of H-pyrrole nitrogens is 1. The van der Waals surface area contributed by atoms with E-state index in [9.17, 15) is 0 Å². The lowest BCUT2D eigenvalue weighted by molar-refractivity contribution is 0.165. The summed E-state index contributed by atoms with van der Waals surface area (Å²) in [4.78, 5) is 10.6. The molecule has 0 bridgehead atoms. The maximum atomic E-state index is 4.69. The fourth-order valence-corrected chi connectivity index (χ4v) is 3.29. The Balaban J connectivity index is 1.66. The van der Waals surface area contributed by atoms with Gasteiger partial charge in [-0.15, -0.1) is 0 Å². The van der Waals surface area contributed by atoms with Crippen molar-refractivity contribution in [3.05, 3.63) is 24.3 Å². The zero-order chi connectivity index (χ0) is 11.3. The third-order valence-electron chi connectivity index (χ3n) is 4.53. The van der Waals surface area contributed by atoms with E-state index in [0.29, 0.717) is 5.41 Å². The number of anilines is 1. The average molecular weight is 227 g/mol. The van der Waals surface area contributed by atoms with Gasteiger partial charge < -0.3 is 9.88 Å². The van der Waals surface area contributed by atoms with Gasteiger partial charge in [0.25, 0.3) is 0 Å². The average Bonchev–Trinajstić information content (AvgIpc) is 2.92. The number of benzene rings is 1. The minimum absolute atomic E-state index is 0.638. The largest absolute Gasteiger partial charge is 0.342 e. The topological polar surface area (TPSA) is 31.9 Å². The Labute approximate surface area is 101 Å². The Hall–Kier alpha value is -1.51. The SMILES string of the molecule is c1ccc2[nH]c(N3CCC4(CCC4)C3)nc2c1. The highest BCUT2D eigenvalue weighted by molar-refractivity contribution is 5.77. The van der Waals surface area contributed by atoms with Gasteiger partial charge >= 0.3 is 0 Å². The molecule has 0 radical (unpaired) electrons. The summed E-state index contributed by atoms with van der Waals surface area (Å²) in [5.41, 5.74) is 2.87. The number of hydrogen-bond donors (Lipinski definition) is 1. The Morgan fingerprint density at radius 1 is 1.18 bits per heavy atom. The predicted molar refractivity (Wildman–Crippen MR) is 69.2 cm³/mol. The molecule has 88 valence electrons. The van der Waals surface area contributed by atoms with Gasteiger partial charge in [-0.3, -0.25) is 0 Å². The van der Waals surface area contributed by atoms with Crippen LogP contribution in [0.2, 0.25) is 0 Å². The van der Waals surface area contributed by atoms with Crippen LogP contribution in [0.1, 0.15) is 25.7 Å². The third kappa shape index (κ3) is 1.38. The van der Waals surface area contributed by atoms with Gasteiger partial charge in [0.1, 0.15) is 0 Å². The second kappa shape index (κ2) is 3.25. The second-order valence-electron chi connectivity index (χ2n) is 5.60. The van der Waals surface area contributed by atoms with Crippen LogP contribution in [-0.4, -0.2) is 23.1 Å². The summed E-state index contributed by atoms with van der Waals surface area (Å²) >= 11 is 0. The van der Waals surface area contributed by atoms with E-state index >= 15 is 0 Å². The normalized spacial score (nSPS) is 22.2. The molecule has 3 heteroatoms. The minimum Gasteiger partial charge on any atom is -0.342 e. The smallest absolute Gasteiger partial charge is 0.203 e. The van der Waals surface area contributed by atoms with Gasteiger partial charge in [0.15, 0.2) is 0 Å². The van der Waals surface area contributed by atoms with Crippen molar-refractivity contribution in [2.24, 2.45) is 5.41 Å². The molecule has 4 rings (SSSR count). The van der Waals surface area contributed by atoms with Gasteiger partial charge in [0.2, 0.25) is 5.95 Å². The molecule has 17 heavy (non-hydrogen) atoms. The number of para-hydroxylation sites is 2. The summed E-state index contributed by atoms with van der Waals surface area (Å²) in [5, 5.41) is 0. The summed E-state index contributed by atoms with van der Waals surface area (Å²) in [6.45, 7) is 2.37. The van der Waals surface area contributed by atoms with Gasteiger partial charge in [0, 0.05) is 13.1 Å². The van der Waals surface area contributed by atoms with Gasteiger partial charge in [0.05, 0.1) is 11.0 Å². The van der Waals surface area contributed by atoms with Crippen LogP contribution < -0.4 is 4.90 Å². The number of fused-ring (bicyclic) bond motifs is 1. The van der Waals surface area contributed by atoms with E-state index < -0.39 is 0 Å². The molecular formula is C14H17N3. The minimum atomic E-state index is 0.638. The first-order chi connectivity index (χ1) is 8.35. The fraction of sp³-hybridized carbons (Fsp3) is 0.500. The number of hydrogen-bond acceptors (Lipinski definition) is 2. The molecule has 0 amide bonds. The lowest BCUT2D eigenvalue weighted by atomic mass is 9.68. The molecule has 1 aromatic carbocycles. The molecule has 1 aliphatic heterocycles. The fourth-order valence-electron chi connectivity index (χ4n) is 3.29. The monoisotopic (exact) mass is 227 g/mol. The van der Waals surface area contributed by atoms with Gasteiger partial charge in [-0.05, 0) is 36.8 Å². The first-order valence-corrected chi connectivity index (χ1v) is 6.54. The predicted octanol–water partition coefficient (Wildman–Crippen LogP) is 2.94. The summed E-state index contributed by atoms with van der Waals surface area (Å²) < 4.78 is 0. The van der Waals surface area contributed by atoms with E-state index in [2.05, 4.69) is 33.1 Å². The van der Waals surface area contributed by atoms with Crippen LogP contribution in [0.4, 0.5) is 5.95 Å². The van der Waals surface area contributed by atoms with Crippen molar-refractivity contribution in [1.29, 1.82) is 0 Å². The molecular weight excluding hydrogens is 210 g/mol. The Morgan fingerprint density at radius 2 is 2.06 bits per heavy atom. The lowest BCUT2D eigenvalue weighted by Gasteiger charge is -2.37. The van der Waals surface area contributed by atoms with E-state index in [1.54, 1.807) is 0 Å². The second-order valence-corrected chi connectivity index (χ2v) is 5.60. The molecule has 0 unspecified atom stereocenters. The third-order valence-corrected chi connectivity index (χ3v) is 4.53. The van der Waals surface area contributed by atoms with Crippen molar-refractivity contribution in [2.45, 2.75) is 25.7 Å². The summed E-state index contributed by atoms with van der Waals surface area (Å²) in [6.07, 6.45) is 5.62. The molecule has 1 saturated heterocycles. The van der Waals surface area contributed by atoms with Crippen LogP contribution in [0.3, 0.4) is 0 Å². The number of aromatic amines is 1. The molecule has 1 N–H and O–H groups in total. The molecule has 1 aromatic heterocycles. The van der Waals surface area contributed by atoms with Crippen molar-refractivity contribution in [3.63, 3.8) is 0 Å². The maximum absolute atomic E-state index is 4.69.